The first kappa shape index (κ1) is 51.0. The van der Waals surface area contributed by atoms with E-state index in [2.05, 4.69) is 13.8 Å². The van der Waals surface area contributed by atoms with Gasteiger partial charge in [-0.2, -0.15) is 0 Å². The van der Waals surface area contributed by atoms with Crippen LogP contribution in [0.4, 0.5) is 0 Å². The van der Waals surface area contributed by atoms with Crippen LogP contribution in [0.2, 0.25) is 0 Å². The molecule has 0 saturated heterocycles. The van der Waals surface area contributed by atoms with E-state index in [0.717, 1.165) is 32.1 Å². The molecule has 52 heavy (non-hydrogen) atoms. The third-order valence-electron chi connectivity index (χ3n) is 9.63. The van der Waals surface area contributed by atoms with E-state index >= 15 is 0 Å². The van der Waals surface area contributed by atoms with Gasteiger partial charge in [0.1, 0.15) is 19.8 Å². The summed E-state index contributed by atoms with van der Waals surface area (Å²) in [7, 11) is 1.18. The minimum Gasteiger partial charge on any atom is -0.756 e. The van der Waals surface area contributed by atoms with Crippen LogP contribution in [0.3, 0.4) is 0 Å². The number of carbonyl (C=O) groups excluding carboxylic acids is 2. The summed E-state index contributed by atoms with van der Waals surface area (Å²) in [5.41, 5.74) is 0. The van der Waals surface area contributed by atoms with Gasteiger partial charge in [0.15, 0.2) is 6.10 Å². The van der Waals surface area contributed by atoms with Crippen LogP contribution in [0, 0.1) is 0 Å². The van der Waals surface area contributed by atoms with Crippen molar-refractivity contribution in [2.75, 3.05) is 47.5 Å². The Bertz CT molecular complexity index is 865. The molecular weight excluding hydrogens is 677 g/mol. The van der Waals surface area contributed by atoms with Crippen LogP contribution in [0.25, 0.3) is 0 Å². The van der Waals surface area contributed by atoms with Crippen LogP contribution in [-0.2, 0) is 32.7 Å². The van der Waals surface area contributed by atoms with Gasteiger partial charge in [-0.1, -0.05) is 181 Å². The van der Waals surface area contributed by atoms with Gasteiger partial charge in [0.2, 0.25) is 0 Å². The van der Waals surface area contributed by atoms with E-state index in [9.17, 15) is 19.0 Å². The lowest BCUT2D eigenvalue weighted by Gasteiger charge is -2.28. The fraction of sp³-hybridized carbons (Fsp3) is 0.952. The molecule has 0 aromatic heterocycles. The number of nitrogens with zero attached hydrogens (tertiary/aromatic N) is 1. The maximum atomic E-state index is 12.6. The van der Waals surface area contributed by atoms with Crippen molar-refractivity contribution in [2.24, 2.45) is 0 Å². The first-order chi connectivity index (χ1) is 25.0. The number of rotatable bonds is 40. The van der Waals surface area contributed by atoms with Gasteiger partial charge >= 0.3 is 11.9 Å². The van der Waals surface area contributed by atoms with Gasteiger partial charge in [-0.3, -0.25) is 14.2 Å². The normalized spacial score (nSPS) is 13.6. The van der Waals surface area contributed by atoms with E-state index in [1.807, 2.05) is 21.1 Å². The Morgan fingerprint density at radius 3 is 1.23 bits per heavy atom. The Balaban J connectivity index is 4.27. The van der Waals surface area contributed by atoms with E-state index in [1.54, 1.807) is 0 Å². The van der Waals surface area contributed by atoms with Crippen molar-refractivity contribution < 1.29 is 42.1 Å². The Morgan fingerprint density at radius 2 is 0.865 bits per heavy atom. The Morgan fingerprint density at radius 1 is 0.519 bits per heavy atom. The van der Waals surface area contributed by atoms with E-state index in [4.69, 9.17) is 18.5 Å². The predicted molar refractivity (Wildman–Crippen MR) is 213 cm³/mol. The van der Waals surface area contributed by atoms with Gasteiger partial charge < -0.3 is 27.9 Å². The van der Waals surface area contributed by atoms with Crippen LogP contribution >= 0.6 is 7.82 Å². The maximum absolute atomic E-state index is 12.6. The van der Waals surface area contributed by atoms with Gasteiger partial charge in [-0.15, -0.1) is 0 Å². The molecule has 0 heterocycles. The lowest BCUT2D eigenvalue weighted by atomic mass is 10.0. The number of hydrogen-bond donors (Lipinski definition) is 0. The summed E-state index contributed by atoms with van der Waals surface area (Å²) in [5, 5.41) is 0. The average Bonchev–Trinajstić information content (AvgIpc) is 3.09. The fourth-order valence-electron chi connectivity index (χ4n) is 6.18. The number of hydrogen-bond acceptors (Lipinski definition) is 8. The van der Waals surface area contributed by atoms with Gasteiger partial charge in [0.05, 0.1) is 27.7 Å². The average molecular weight is 762 g/mol. The number of phosphoric acid groups is 1. The molecule has 0 amide bonds. The second-order valence-electron chi connectivity index (χ2n) is 16.1. The van der Waals surface area contributed by atoms with Crippen LogP contribution in [0.5, 0.6) is 0 Å². The number of esters is 2. The summed E-state index contributed by atoms with van der Waals surface area (Å²) in [6, 6.07) is 0. The van der Waals surface area contributed by atoms with Crippen LogP contribution < -0.4 is 4.89 Å². The number of unbranched alkanes of at least 4 members (excludes halogenated alkanes) is 26. The third-order valence-corrected chi connectivity index (χ3v) is 10.6. The molecular formula is C42H84NO8P. The molecule has 0 rings (SSSR count). The van der Waals surface area contributed by atoms with Crippen molar-refractivity contribution >= 4 is 19.8 Å². The smallest absolute Gasteiger partial charge is 0.306 e. The molecule has 310 valence electrons. The van der Waals surface area contributed by atoms with Crippen molar-refractivity contribution in [3.05, 3.63) is 0 Å². The van der Waals surface area contributed by atoms with Gasteiger partial charge in [0, 0.05) is 12.8 Å². The van der Waals surface area contributed by atoms with Crippen molar-refractivity contribution in [1.29, 1.82) is 0 Å². The lowest BCUT2D eigenvalue weighted by Crippen LogP contribution is -2.37. The van der Waals surface area contributed by atoms with E-state index < -0.39 is 26.5 Å². The van der Waals surface area contributed by atoms with E-state index in [1.165, 1.54) is 141 Å². The summed E-state index contributed by atoms with van der Waals surface area (Å²) in [4.78, 5) is 37.4. The molecule has 0 radical (unpaired) electrons. The SMILES string of the molecule is CCCCCCCCCCCCCCCCCCCCC(=O)OC(COC(=O)CCCCCCCCCCCC)COP(=O)([O-])OCC[N+](C)(C)C. The molecule has 0 saturated carbocycles. The number of phosphoric ester groups is 1. The molecule has 2 unspecified atom stereocenters. The highest BCUT2D eigenvalue weighted by molar-refractivity contribution is 7.45. The highest BCUT2D eigenvalue weighted by atomic mass is 31.2. The van der Waals surface area contributed by atoms with Gasteiger partial charge in [-0.05, 0) is 12.8 Å². The van der Waals surface area contributed by atoms with Crippen molar-refractivity contribution in [3.63, 3.8) is 0 Å². The second kappa shape index (κ2) is 35.7. The lowest BCUT2D eigenvalue weighted by molar-refractivity contribution is -0.870. The summed E-state index contributed by atoms with van der Waals surface area (Å²) in [6.07, 6.45) is 34.1. The molecule has 9 nitrogen and oxygen atoms in total. The Hall–Kier alpha value is -0.990. The molecule has 0 aliphatic heterocycles. The van der Waals surface area contributed by atoms with Gasteiger partial charge in [-0.25, -0.2) is 0 Å². The molecule has 0 aromatic rings. The summed E-state index contributed by atoms with van der Waals surface area (Å²) in [5.74, 6) is -0.823. The molecule has 0 aliphatic carbocycles. The summed E-state index contributed by atoms with van der Waals surface area (Å²) >= 11 is 0. The highest BCUT2D eigenvalue weighted by Crippen LogP contribution is 2.38. The number of quaternary nitrogens is 1. The number of carbonyl (C=O) groups is 2. The molecule has 10 heteroatoms. The van der Waals surface area contributed by atoms with E-state index in [0.29, 0.717) is 17.4 Å². The Kier molecular flexibility index (Phi) is 35.0. The number of ether oxygens (including phenoxy) is 2. The topological polar surface area (TPSA) is 111 Å². The molecule has 0 spiro atoms. The second-order valence-corrected chi connectivity index (χ2v) is 17.5. The minimum absolute atomic E-state index is 0.0259. The number of likely N-dealkylation sites (N-methyl/N-ethyl adjacent to an activating group) is 1. The standard InChI is InChI=1S/C42H84NO8P/c1-6-8-10-12-14-16-18-19-20-21-22-23-24-25-27-29-31-33-35-42(45)51-40(39-50-52(46,47)49-37-36-43(3,4)5)38-48-41(44)34-32-30-28-26-17-15-13-11-9-7-2/h40H,6-39H2,1-5H3. The zero-order valence-electron chi connectivity index (χ0n) is 34.8. The largest absolute Gasteiger partial charge is 0.756 e. The molecule has 0 aliphatic rings. The monoisotopic (exact) mass is 762 g/mol. The van der Waals surface area contributed by atoms with Crippen molar-refractivity contribution in [2.45, 2.75) is 213 Å². The molecule has 2 atom stereocenters. The fourth-order valence-corrected chi connectivity index (χ4v) is 6.91. The molecule has 0 aromatic carbocycles. The summed E-state index contributed by atoms with van der Waals surface area (Å²) < 4.78 is 33.8. The summed E-state index contributed by atoms with van der Waals surface area (Å²) in [6.45, 7) is 4.24. The van der Waals surface area contributed by atoms with Gasteiger partial charge in [0.25, 0.3) is 7.82 Å². The molecule has 0 N–H and O–H groups in total. The van der Waals surface area contributed by atoms with Crippen LogP contribution in [-0.4, -0.2) is 70.0 Å². The van der Waals surface area contributed by atoms with Crippen LogP contribution in [0.15, 0.2) is 0 Å². The van der Waals surface area contributed by atoms with Crippen molar-refractivity contribution in [1.82, 2.24) is 0 Å². The maximum Gasteiger partial charge on any atom is 0.306 e. The first-order valence-electron chi connectivity index (χ1n) is 21.7. The Labute approximate surface area is 321 Å². The molecule has 0 bridgehead atoms. The zero-order chi connectivity index (χ0) is 38.6. The van der Waals surface area contributed by atoms with Crippen LogP contribution in [0.1, 0.15) is 206 Å². The molecule has 0 fully saturated rings. The third kappa shape index (κ3) is 38.7. The minimum atomic E-state index is -4.61. The highest BCUT2D eigenvalue weighted by Gasteiger charge is 2.21. The quantitative estimate of drug-likeness (QED) is 0.0263. The van der Waals surface area contributed by atoms with E-state index in [-0.39, 0.29) is 32.0 Å². The zero-order valence-corrected chi connectivity index (χ0v) is 35.7. The predicted octanol–water partition coefficient (Wildman–Crippen LogP) is 11.4. The van der Waals surface area contributed by atoms with Crippen molar-refractivity contribution in [3.8, 4) is 0 Å². The first-order valence-corrected chi connectivity index (χ1v) is 23.2.